The Kier molecular flexibility index (Phi) is 7.86. The van der Waals surface area contributed by atoms with Crippen LogP contribution in [0.15, 0.2) is 36.9 Å². The number of ether oxygens (including phenoxy) is 3. The molecule has 0 spiro atoms. The lowest BCUT2D eigenvalue weighted by atomic mass is 10.1. The van der Waals surface area contributed by atoms with Crippen molar-refractivity contribution in [2.45, 2.75) is 19.9 Å². The number of methoxy groups -OCH3 is 3. The Morgan fingerprint density at radius 2 is 1.93 bits per heavy atom. The van der Waals surface area contributed by atoms with Gasteiger partial charge >= 0.3 is 5.97 Å². The molecule has 1 atom stereocenters. The quantitative estimate of drug-likeness (QED) is 0.580. The Morgan fingerprint density at radius 1 is 1.18 bits per heavy atom. The van der Waals surface area contributed by atoms with E-state index in [1.807, 2.05) is 10.8 Å². The number of imidazole rings is 1. The summed E-state index contributed by atoms with van der Waals surface area (Å²) in [6.45, 7) is 3.23. The summed E-state index contributed by atoms with van der Waals surface area (Å²) in [5.41, 5.74) is 0.470. The molecule has 0 aliphatic rings. The van der Waals surface area contributed by atoms with Crippen LogP contribution in [-0.4, -0.2) is 60.7 Å². The number of amides is 1. The van der Waals surface area contributed by atoms with Gasteiger partial charge in [-0.2, -0.15) is 0 Å². The highest BCUT2D eigenvalue weighted by molar-refractivity contribution is 5.95. The normalized spacial score (nSPS) is 11.6. The number of carbonyl (C=O) groups is 2. The highest BCUT2D eigenvalue weighted by Crippen LogP contribution is 2.28. The Balaban J connectivity index is 2.15. The lowest BCUT2D eigenvalue weighted by Crippen LogP contribution is -2.38. The van der Waals surface area contributed by atoms with Crippen LogP contribution in [0.25, 0.3) is 0 Å². The van der Waals surface area contributed by atoms with Crippen molar-refractivity contribution in [3.8, 4) is 11.5 Å². The molecule has 1 amide bonds. The fourth-order valence-corrected chi connectivity index (χ4v) is 2.90. The fraction of sp³-hybridized carbons (Fsp3) is 0.450. The Morgan fingerprint density at radius 3 is 2.54 bits per heavy atom. The first-order valence-electron chi connectivity index (χ1n) is 9.05. The van der Waals surface area contributed by atoms with Crippen molar-refractivity contribution < 1.29 is 23.8 Å². The summed E-state index contributed by atoms with van der Waals surface area (Å²) in [5, 5.41) is 0. The topological polar surface area (TPSA) is 82.9 Å². The highest BCUT2D eigenvalue weighted by atomic mass is 16.5. The molecule has 28 heavy (non-hydrogen) atoms. The van der Waals surface area contributed by atoms with Gasteiger partial charge in [0.1, 0.15) is 0 Å². The first-order chi connectivity index (χ1) is 13.5. The van der Waals surface area contributed by atoms with E-state index in [-0.39, 0.29) is 18.4 Å². The fourth-order valence-electron chi connectivity index (χ4n) is 2.90. The molecule has 2 rings (SSSR count). The number of nitrogens with zero attached hydrogens (tertiary/aromatic N) is 3. The summed E-state index contributed by atoms with van der Waals surface area (Å²) in [6, 6.07) is 5.03. The average molecular weight is 389 g/mol. The molecule has 0 radical (unpaired) electrons. The van der Waals surface area contributed by atoms with E-state index in [2.05, 4.69) is 4.98 Å². The van der Waals surface area contributed by atoms with E-state index in [0.29, 0.717) is 23.6 Å². The molecule has 8 heteroatoms. The minimum Gasteiger partial charge on any atom is -0.493 e. The van der Waals surface area contributed by atoms with E-state index >= 15 is 0 Å². The van der Waals surface area contributed by atoms with Crippen molar-refractivity contribution in [2.24, 2.45) is 5.92 Å². The second kappa shape index (κ2) is 10.3. The third-order valence-corrected chi connectivity index (χ3v) is 4.42. The molecule has 0 aliphatic carbocycles. The van der Waals surface area contributed by atoms with Crippen molar-refractivity contribution in [2.75, 3.05) is 34.4 Å². The van der Waals surface area contributed by atoms with Crippen LogP contribution < -0.4 is 9.47 Å². The molecule has 152 valence electrons. The molecule has 1 unspecified atom stereocenters. The van der Waals surface area contributed by atoms with E-state index in [1.54, 1.807) is 49.7 Å². The predicted octanol–water partition coefficient (Wildman–Crippen LogP) is 2.24. The van der Waals surface area contributed by atoms with Gasteiger partial charge in [0.2, 0.25) is 0 Å². The molecule has 0 bridgehead atoms. The molecule has 1 heterocycles. The Bertz CT molecular complexity index is 776. The average Bonchev–Trinajstić information content (AvgIpc) is 3.24. The van der Waals surface area contributed by atoms with Crippen LogP contribution in [0.4, 0.5) is 0 Å². The number of aryl methyl sites for hydroxylation is 1. The van der Waals surface area contributed by atoms with Crippen molar-refractivity contribution in [3.05, 3.63) is 42.5 Å². The maximum atomic E-state index is 13.1. The Hall–Kier alpha value is -3.03. The van der Waals surface area contributed by atoms with Crippen LogP contribution in [0.5, 0.6) is 11.5 Å². The van der Waals surface area contributed by atoms with Crippen molar-refractivity contribution in [1.82, 2.24) is 14.5 Å². The van der Waals surface area contributed by atoms with Crippen molar-refractivity contribution >= 4 is 11.9 Å². The second-order valence-electron chi connectivity index (χ2n) is 6.40. The standard InChI is InChI=1S/C20H27N3O5/c1-15(20(25)28-4)13-23(10-5-9-22-11-8-21-14-22)19(24)16-6-7-17(26-2)18(12-16)27-3/h6-8,11-12,14-15H,5,9-10,13H2,1-4H3. The lowest BCUT2D eigenvalue weighted by molar-refractivity contribution is -0.145. The molecule has 1 aromatic carbocycles. The van der Waals surface area contributed by atoms with Crippen LogP contribution in [0, 0.1) is 5.92 Å². The van der Waals surface area contributed by atoms with Gasteiger partial charge in [-0.05, 0) is 24.6 Å². The maximum Gasteiger partial charge on any atom is 0.310 e. The van der Waals surface area contributed by atoms with Crippen LogP contribution in [-0.2, 0) is 16.1 Å². The summed E-state index contributed by atoms with van der Waals surface area (Å²) in [7, 11) is 4.41. The molecule has 0 saturated heterocycles. The van der Waals surface area contributed by atoms with E-state index < -0.39 is 5.92 Å². The number of aromatic nitrogens is 2. The van der Waals surface area contributed by atoms with Crippen molar-refractivity contribution in [3.63, 3.8) is 0 Å². The van der Waals surface area contributed by atoms with Gasteiger partial charge in [0.15, 0.2) is 11.5 Å². The molecule has 0 aliphatic heterocycles. The molecule has 0 N–H and O–H groups in total. The van der Waals surface area contributed by atoms with Gasteiger partial charge in [-0.15, -0.1) is 0 Å². The summed E-state index contributed by atoms with van der Waals surface area (Å²) in [5.74, 6) is 0.0748. The first kappa shape index (κ1) is 21.3. The molecule has 1 aromatic heterocycles. The van der Waals surface area contributed by atoms with Gasteiger partial charge in [-0.3, -0.25) is 9.59 Å². The van der Waals surface area contributed by atoms with Crippen LogP contribution in [0.2, 0.25) is 0 Å². The highest BCUT2D eigenvalue weighted by Gasteiger charge is 2.23. The molecule has 8 nitrogen and oxygen atoms in total. The second-order valence-corrected chi connectivity index (χ2v) is 6.40. The Labute approximate surface area is 165 Å². The summed E-state index contributed by atoms with van der Waals surface area (Å²) < 4.78 is 17.3. The van der Waals surface area contributed by atoms with E-state index in [9.17, 15) is 9.59 Å². The summed E-state index contributed by atoms with van der Waals surface area (Å²) >= 11 is 0. The smallest absolute Gasteiger partial charge is 0.310 e. The number of hydrogen-bond acceptors (Lipinski definition) is 6. The number of hydrogen-bond donors (Lipinski definition) is 0. The van der Waals surface area contributed by atoms with Crippen LogP contribution >= 0.6 is 0 Å². The zero-order chi connectivity index (χ0) is 20.5. The van der Waals surface area contributed by atoms with Gasteiger partial charge in [-0.25, -0.2) is 4.98 Å². The first-order valence-corrected chi connectivity index (χ1v) is 9.05. The van der Waals surface area contributed by atoms with Gasteiger partial charge in [-0.1, -0.05) is 6.92 Å². The van der Waals surface area contributed by atoms with Crippen LogP contribution in [0.3, 0.4) is 0 Å². The van der Waals surface area contributed by atoms with Gasteiger partial charge in [0.05, 0.1) is 33.6 Å². The zero-order valence-electron chi connectivity index (χ0n) is 16.8. The van der Waals surface area contributed by atoms with Gasteiger partial charge in [0.25, 0.3) is 5.91 Å². The predicted molar refractivity (Wildman–Crippen MR) is 103 cm³/mol. The number of carbonyl (C=O) groups excluding carboxylic acids is 2. The monoisotopic (exact) mass is 389 g/mol. The summed E-state index contributed by atoms with van der Waals surface area (Å²) in [4.78, 5) is 30.6. The molecular formula is C20H27N3O5. The molecule has 2 aromatic rings. The number of esters is 1. The number of rotatable bonds is 10. The molecule has 0 saturated carbocycles. The molecule has 0 fully saturated rings. The molecular weight excluding hydrogens is 362 g/mol. The summed E-state index contributed by atoms with van der Waals surface area (Å²) in [6.07, 6.45) is 6.05. The minimum atomic E-state index is -0.428. The van der Waals surface area contributed by atoms with Gasteiger partial charge < -0.3 is 23.7 Å². The largest absolute Gasteiger partial charge is 0.493 e. The van der Waals surface area contributed by atoms with Crippen molar-refractivity contribution in [1.29, 1.82) is 0 Å². The maximum absolute atomic E-state index is 13.1. The lowest BCUT2D eigenvalue weighted by Gasteiger charge is -2.25. The SMILES string of the molecule is COC(=O)C(C)CN(CCCn1ccnc1)C(=O)c1ccc(OC)c(OC)c1. The van der Waals surface area contributed by atoms with Crippen LogP contribution in [0.1, 0.15) is 23.7 Å². The minimum absolute atomic E-state index is 0.178. The van der Waals surface area contributed by atoms with E-state index in [1.165, 1.54) is 14.2 Å². The van der Waals surface area contributed by atoms with Gasteiger partial charge in [0, 0.05) is 37.6 Å². The number of benzene rings is 1. The zero-order valence-corrected chi connectivity index (χ0v) is 16.8. The third-order valence-electron chi connectivity index (χ3n) is 4.42. The van der Waals surface area contributed by atoms with E-state index in [4.69, 9.17) is 14.2 Å². The third kappa shape index (κ3) is 5.48. The van der Waals surface area contributed by atoms with E-state index in [0.717, 1.165) is 13.0 Å².